The molecule has 0 aromatic rings. The Labute approximate surface area is 75.6 Å². The minimum atomic E-state index is -0.0819. The fourth-order valence-corrected chi connectivity index (χ4v) is 1.97. The van der Waals surface area contributed by atoms with Crippen molar-refractivity contribution < 1.29 is 5.11 Å². The summed E-state index contributed by atoms with van der Waals surface area (Å²) in [4.78, 5) is 2.41. The highest BCUT2D eigenvalue weighted by atomic mass is 16.3. The first-order valence-electron chi connectivity index (χ1n) is 5.16. The fraction of sp³-hybridized carbons (Fsp3) is 1.00. The highest BCUT2D eigenvalue weighted by Gasteiger charge is 2.20. The Bertz CT molecular complexity index is 127. The zero-order valence-corrected chi connectivity index (χ0v) is 8.29. The molecular formula is C10H21NO. The van der Waals surface area contributed by atoms with Gasteiger partial charge < -0.3 is 5.11 Å². The maximum Gasteiger partial charge on any atom is 0.0667 e. The van der Waals surface area contributed by atoms with Gasteiger partial charge in [-0.05, 0) is 39.2 Å². The lowest BCUT2D eigenvalue weighted by Gasteiger charge is -2.27. The lowest BCUT2D eigenvalue weighted by atomic mass is 10.1. The van der Waals surface area contributed by atoms with E-state index in [1.54, 1.807) is 0 Å². The molecule has 0 aromatic carbocycles. The molecule has 1 heterocycles. The van der Waals surface area contributed by atoms with Gasteiger partial charge in [-0.1, -0.05) is 6.92 Å². The third-order valence-corrected chi connectivity index (χ3v) is 2.74. The van der Waals surface area contributed by atoms with Gasteiger partial charge in [0.1, 0.15) is 0 Å². The number of likely N-dealkylation sites (tertiary alicyclic amines) is 1. The normalized spacial score (nSPS) is 33.2. The van der Waals surface area contributed by atoms with Gasteiger partial charge in [-0.3, -0.25) is 4.90 Å². The van der Waals surface area contributed by atoms with Gasteiger partial charge in [0.25, 0.3) is 0 Å². The van der Waals surface area contributed by atoms with Gasteiger partial charge in [-0.25, -0.2) is 0 Å². The van der Waals surface area contributed by atoms with Crippen LogP contribution < -0.4 is 0 Å². The van der Waals surface area contributed by atoms with Crippen molar-refractivity contribution in [3.63, 3.8) is 0 Å². The van der Waals surface area contributed by atoms with E-state index in [-0.39, 0.29) is 6.10 Å². The second kappa shape index (κ2) is 4.83. The van der Waals surface area contributed by atoms with Crippen LogP contribution in [0.5, 0.6) is 0 Å². The third-order valence-electron chi connectivity index (χ3n) is 2.74. The van der Waals surface area contributed by atoms with E-state index < -0.39 is 0 Å². The predicted molar refractivity (Wildman–Crippen MR) is 51.2 cm³/mol. The van der Waals surface area contributed by atoms with Crippen molar-refractivity contribution in [2.75, 3.05) is 13.1 Å². The van der Waals surface area contributed by atoms with E-state index >= 15 is 0 Å². The first-order chi connectivity index (χ1) is 5.74. The highest BCUT2D eigenvalue weighted by Crippen LogP contribution is 2.16. The highest BCUT2D eigenvalue weighted by molar-refractivity contribution is 4.75. The summed E-state index contributed by atoms with van der Waals surface area (Å²) in [5.74, 6) is 0. The predicted octanol–water partition coefficient (Wildman–Crippen LogP) is 1.63. The monoisotopic (exact) mass is 171 g/mol. The first-order valence-corrected chi connectivity index (χ1v) is 5.16. The Hall–Kier alpha value is -0.0800. The van der Waals surface area contributed by atoms with Crippen LogP contribution >= 0.6 is 0 Å². The van der Waals surface area contributed by atoms with E-state index in [0.717, 1.165) is 19.5 Å². The molecule has 0 radical (unpaired) electrons. The molecular weight excluding hydrogens is 150 g/mol. The van der Waals surface area contributed by atoms with Crippen molar-refractivity contribution in [1.29, 1.82) is 0 Å². The molecule has 2 nitrogen and oxygen atoms in total. The van der Waals surface area contributed by atoms with Crippen molar-refractivity contribution >= 4 is 0 Å². The van der Waals surface area contributed by atoms with E-state index in [1.165, 1.54) is 19.3 Å². The summed E-state index contributed by atoms with van der Waals surface area (Å²) in [6.07, 6.45) is 4.53. The average molecular weight is 171 g/mol. The summed E-state index contributed by atoms with van der Waals surface area (Å²) in [6, 6.07) is 0.669. The van der Waals surface area contributed by atoms with Crippen LogP contribution in [-0.4, -0.2) is 35.2 Å². The Morgan fingerprint density at radius 1 is 1.42 bits per heavy atom. The van der Waals surface area contributed by atoms with Crippen LogP contribution in [0.4, 0.5) is 0 Å². The summed E-state index contributed by atoms with van der Waals surface area (Å²) < 4.78 is 0. The quantitative estimate of drug-likeness (QED) is 0.682. The number of rotatable bonds is 2. The van der Waals surface area contributed by atoms with Crippen LogP contribution in [0.15, 0.2) is 0 Å². The summed E-state index contributed by atoms with van der Waals surface area (Å²) in [6.45, 7) is 6.49. The van der Waals surface area contributed by atoms with E-state index in [2.05, 4.69) is 18.7 Å². The summed E-state index contributed by atoms with van der Waals surface area (Å²) >= 11 is 0. The van der Waals surface area contributed by atoms with Gasteiger partial charge in [0, 0.05) is 12.6 Å². The van der Waals surface area contributed by atoms with Crippen molar-refractivity contribution in [2.45, 2.75) is 51.7 Å². The SMILES string of the molecule is CCCN1CC(O)CCCC1C. The zero-order chi connectivity index (χ0) is 8.97. The average Bonchev–Trinajstić information content (AvgIpc) is 2.16. The molecule has 0 aliphatic carbocycles. The summed E-state index contributed by atoms with van der Waals surface area (Å²) in [7, 11) is 0. The molecule has 0 bridgehead atoms. The van der Waals surface area contributed by atoms with Crippen LogP contribution in [-0.2, 0) is 0 Å². The third kappa shape index (κ3) is 2.76. The van der Waals surface area contributed by atoms with Gasteiger partial charge in [0.15, 0.2) is 0 Å². The molecule has 1 N–H and O–H groups in total. The Morgan fingerprint density at radius 3 is 2.83 bits per heavy atom. The molecule has 1 aliphatic heterocycles. The minimum Gasteiger partial charge on any atom is -0.392 e. The molecule has 72 valence electrons. The Morgan fingerprint density at radius 2 is 2.17 bits per heavy atom. The summed E-state index contributed by atoms with van der Waals surface area (Å²) in [5, 5.41) is 9.56. The van der Waals surface area contributed by atoms with E-state index in [1.807, 2.05) is 0 Å². The topological polar surface area (TPSA) is 23.5 Å². The van der Waals surface area contributed by atoms with Gasteiger partial charge in [0.2, 0.25) is 0 Å². The minimum absolute atomic E-state index is 0.0819. The van der Waals surface area contributed by atoms with E-state index in [4.69, 9.17) is 0 Å². The van der Waals surface area contributed by atoms with Crippen LogP contribution in [0.1, 0.15) is 39.5 Å². The van der Waals surface area contributed by atoms with Crippen LogP contribution in [0.3, 0.4) is 0 Å². The first kappa shape index (κ1) is 10.0. The lowest BCUT2D eigenvalue weighted by molar-refractivity contribution is 0.105. The maximum atomic E-state index is 9.56. The van der Waals surface area contributed by atoms with Crippen molar-refractivity contribution in [1.82, 2.24) is 4.90 Å². The number of aliphatic hydroxyl groups is 1. The fourth-order valence-electron chi connectivity index (χ4n) is 1.97. The number of β-amino-alcohol motifs (C(OH)–C–C–N with tert-alkyl or cyclic N) is 1. The second-order valence-corrected chi connectivity index (χ2v) is 3.93. The molecule has 12 heavy (non-hydrogen) atoms. The molecule has 1 fully saturated rings. The number of hydrogen-bond acceptors (Lipinski definition) is 2. The zero-order valence-electron chi connectivity index (χ0n) is 8.29. The number of aliphatic hydroxyl groups excluding tert-OH is 1. The van der Waals surface area contributed by atoms with Crippen molar-refractivity contribution in [3.8, 4) is 0 Å². The molecule has 1 saturated heterocycles. The van der Waals surface area contributed by atoms with E-state index in [0.29, 0.717) is 6.04 Å². The molecule has 1 aliphatic rings. The largest absolute Gasteiger partial charge is 0.392 e. The molecule has 0 amide bonds. The van der Waals surface area contributed by atoms with Gasteiger partial charge in [0.05, 0.1) is 6.10 Å². The molecule has 0 aromatic heterocycles. The van der Waals surface area contributed by atoms with Crippen LogP contribution in [0, 0.1) is 0 Å². The van der Waals surface area contributed by atoms with Crippen molar-refractivity contribution in [3.05, 3.63) is 0 Å². The molecule has 1 rings (SSSR count). The van der Waals surface area contributed by atoms with Gasteiger partial charge >= 0.3 is 0 Å². The van der Waals surface area contributed by atoms with Gasteiger partial charge in [-0.15, -0.1) is 0 Å². The van der Waals surface area contributed by atoms with E-state index in [9.17, 15) is 5.11 Å². The molecule has 2 atom stereocenters. The number of hydrogen-bond donors (Lipinski definition) is 1. The Balaban J connectivity index is 2.42. The standard InChI is InChI=1S/C10H21NO/c1-3-7-11-8-10(12)6-4-5-9(11)2/h9-10,12H,3-8H2,1-2H3. The smallest absolute Gasteiger partial charge is 0.0667 e. The molecule has 2 unspecified atom stereocenters. The van der Waals surface area contributed by atoms with Gasteiger partial charge in [-0.2, -0.15) is 0 Å². The lowest BCUT2D eigenvalue weighted by Crippen LogP contribution is -2.37. The molecule has 0 spiro atoms. The van der Waals surface area contributed by atoms with Crippen LogP contribution in [0.2, 0.25) is 0 Å². The summed E-state index contributed by atoms with van der Waals surface area (Å²) in [5.41, 5.74) is 0. The Kier molecular flexibility index (Phi) is 4.02. The van der Waals surface area contributed by atoms with Crippen LogP contribution in [0.25, 0.3) is 0 Å². The maximum absolute atomic E-state index is 9.56. The molecule has 2 heteroatoms. The van der Waals surface area contributed by atoms with Crippen molar-refractivity contribution in [2.24, 2.45) is 0 Å². The number of nitrogens with zero attached hydrogens (tertiary/aromatic N) is 1. The second-order valence-electron chi connectivity index (χ2n) is 3.93. The molecule has 0 saturated carbocycles.